The maximum Gasteiger partial charge on any atom is 0.125 e. The van der Waals surface area contributed by atoms with Crippen LogP contribution in [-0.4, -0.2) is 5.60 Å². The molecule has 0 saturated carbocycles. The minimum Gasteiger partial charge on any atom is -0.483 e. The number of hydrogen-bond acceptors (Lipinski definition) is 1. The van der Waals surface area contributed by atoms with E-state index in [-0.39, 0.29) is 5.60 Å². The largest absolute Gasteiger partial charge is 0.483 e. The SMILES string of the molecule is C=C/C=C/[C@]1(C)CCc2cc(C(C)C)ccc2O1. The summed E-state index contributed by atoms with van der Waals surface area (Å²) in [4.78, 5) is 0. The number of rotatable bonds is 3. The Bertz CT molecular complexity index is 470. The molecule has 1 aromatic carbocycles. The molecule has 1 heterocycles. The van der Waals surface area contributed by atoms with E-state index >= 15 is 0 Å². The van der Waals surface area contributed by atoms with Crippen molar-refractivity contribution < 1.29 is 4.74 Å². The van der Waals surface area contributed by atoms with E-state index in [1.807, 2.05) is 6.08 Å². The topological polar surface area (TPSA) is 9.23 Å². The van der Waals surface area contributed by atoms with E-state index < -0.39 is 0 Å². The summed E-state index contributed by atoms with van der Waals surface area (Å²) in [7, 11) is 0. The van der Waals surface area contributed by atoms with Gasteiger partial charge in [-0.15, -0.1) is 0 Å². The summed E-state index contributed by atoms with van der Waals surface area (Å²) in [5.41, 5.74) is 2.54. The van der Waals surface area contributed by atoms with Crippen molar-refractivity contribution in [3.05, 3.63) is 54.1 Å². The first-order valence-electron chi connectivity index (χ1n) is 6.66. The predicted octanol–water partition coefficient (Wildman–Crippen LogP) is 4.64. The van der Waals surface area contributed by atoms with Crippen LogP contribution < -0.4 is 4.74 Å². The maximum atomic E-state index is 6.12. The van der Waals surface area contributed by atoms with Gasteiger partial charge >= 0.3 is 0 Å². The van der Waals surface area contributed by atoms with Gasteiger partial charge < -0.3 is 4.74 Å². The lowest BCUT2D eigenvalue weighted by molar-refractivity contribution is 0.114. The lowest BCUT2D eigenvalue weighted by Crippen LogP contribution is -2.34. The first-order chi connectivity index (χ1) is 8.54. The van der Waals surface area contributed by atoms with Crippen molar-refractivity contribution in [1.29, 1.82) is 0 Å². The summed E-state index contributed by atoms with van der Waals surface area (Å²) in [6, 6.07) is 6.58. The van der Waals surface area contributed by atoms with E-state index in [9.17, 15) is 0 Å². The fourth-order valence-electron chi connectivity index (χ4n) is 2.33. The molecule has 0 N–H and O–H groups in total. The van der Waals surface area contributed by atoms with Crippen molar-refractivity contribution >= 4 is 0 Å². The van der Waals surface area contributed by atoms with E-state index in [4.69, 9.17) is 4.74 Å². The highest BCUT2D eigenvalue weighted by molar-refractivity contribution is 5.41. The molecule has 0 aromatic heterocycles. The third kappa shape index (κ3) is 2.66. The van der Waals surface area contributed by atoms with Crippen molar-refractivity contribution in [2.45, 2.75) is 45.1 Å². The molecule has 1 atom stereocenters. The van der Waals surface area contributed by atoms with Crippen LogP contribution in [0, 0.1) is 0 Å². The third-order valence-corrected chi connectivity index (χ3v) is 3.57. The Labute approximate surface area is 110 Å². The fraction of sp³-hybridized carbons (Fsp3) is 0.412. The molecule has 0 amide bonds. The Morgan fingerprint density at radius 3 is 2.83 bits per heavy atom. The molecule has 0 spiro atoms. The second-order valence-corrected chi connectivity index (χ2v) is 5.53. The lowest BCUT2D eigenvalue weighted by Gasteiger charge is -2.33. The highest BCUT2D eigenvalue weighted by Crippen LogP contribution is 2.35. The molecule has 1 aliphatic heterocycles. The minimum absolute atomic E-state index is 0.194. The zero-order valence-corrected chi connectivity index (χ0v) is 11.6. The van der Waals surface area contributed by atoms with E-state index in [1.54, 1.807) is 6.08 Å². The highest BCUT2D eigenvalue weighted by Gasteiger charge is 2.28. The Balaban J connectivity index is 2.25. The molecule has 96 valence electrons. The zero-order valence-electron chi connectivity index (χ0n) is 11.6. The normalized spacial score (nSPS) is 22.9. The number of aryl methyl sites for hydroxylation is 1. The summed E-state index contributed by atoms with van der Waals surface area (Å²) in [5, 5.41) is 0. The minimum atomic E-state index is -0.194. The molecular formula is C17H22O. The molecule has 18 heavy (non-hydrogen) atoms. The number of fused-ring (bicyclic) bond motifs is 1. The van der Waals surface area contributed by atoms with Crippen molar-refractivity contribution in [2.75, 3.05) is 0 Å². The summed E-state index contributed by atoms with van der Waals surface area (Å²) in [6.45, 7) is 10.3. The summed E-state index contributed by atoms with van der Waals surface area (Å²) in [6.07, 6.45) is 7.96. The van der Waals surface area contributed by atoms with Gasteiger partial charge in [0.1, 0.15) is 11.4 Å². The number of allylic oxidation sites excluding steroid dienone is 2. The Morgan fingerprint density at radius 1 is 1.39 bits per heavy atom. The summed E-state index contributed by atoms with van der Waals surface area (Å²) in [5.74, 6) is 1.60. The van der Waals surface area contributed by atoms with Crippen LogP contribution >= 0.6 is 0 Å². The van der Waals surface area contributed by atoms with Gasteiger partial charge in [-0.25, -0.2) is 0 Å². The van der Waals surface area contributed by atoms with Gasteiger partial charge in [-0.2, -0.15) is 0 Å². The molecule has 0 unspecified atom stereocenters. The second-order valence-electron chi connectivity index (χ2n) is 5.53. The van der Waals surface area contributed by atoms with E-state index in [2.05, 4.69) is 51.6 Å². The van der Waals surface area contributed by atoms with Gasteiger partial charge in [0.05, 0.1) is 0 Å². The number of ether oxygens (including phenoxy) is 1. The van der Waals surface area contributed by atoms with Gasteiger partial charge in [0.2, 0.25) is 0 Å². The van der Waals surface area contributed by atoms with Crippen LogP contribution in [0.4, 0.5) is 0 Å². The third-order valence-electron chi connectivity index (χ3n) is 3.57. The van der Waals surface area contributed by atoms with E-state index in [0.29, 0.717) is 5.92 Å². The van der Waals surface area contributed by atoms with Crippen LogP contribution in [0.1, 0.15) is 44.2 Å². The van der Waals surface area contributed by atoms with Gasteiger partial charge in [0.15, 0.2) is 0 Å². The monoisotopic (exact) mass is 242 g/mol. The van der Waals surface area contributed by atoms with Crippen molar-refractivity contribution in [1.82, 2.24) is 0 Å². The predicted molar refractivity (Wildman–Crippen MR) is 77.2 cm³/mol. The molecule has 1 heteroatoms. The Hall–Kier alpha value is -1.50. The molecule has 2 rings (SSSR count). The average Bonchev–Trinajstić information content (AvgIpc) is 2.35. The molecule has 1 aliphatic rings. The van der Waals surface area contributed by atoms with Crippen LogP contribution in [0.2, 0.25) is 0 Å². The van der Waals surface area contributed by atoms with Crippen molar-refractivity contribution in [3.8, 4) is 5.75 Å². The van der Waals surface area contributed by atoms with Gasteiger partial charge in [-0.3, -0.25) is 0 Å². The van der Waals surface area contributed by atoms with Gasteiger partial charge in [0, 0.05) is 0 Å². The standard InChI is InChI=1S/C17H22O/c1-5-6-10-17(4)11-9-15-12-14(13(2)3)7-8-16(15)18-17/h5-8,10,12-13H,1,9,11H2,2-4H3/b10-6+/t17-/m1/s1. The maximum absolute atomic E-state index is 6.12. The second kappa shape index (κ2) is 5.01. The Kier molecular flexibility index (Phi) is 3.60. The van der Waals surface area contributed by atoms with Crippen LogP contribution in [0.3, 0.4) is 0 Å². The van der Waals surface area contributed by atoms with Gasteiger partial charge in [0.25, 0.3) is 0 Å². The zero-order chi connectivity index (χ0) is 13.2. The first kappa shape index (κ1) is 12.9. The van der Waals surface area contributed by atoms with E-state index in [1.165, 1.54) is 11.1 Å². The number of benzene rings is 1. The summed E-state index contributed by atoms with van der Waals surface area (Å²) < 4.78 is 6.12. The molecule has 0 saturated heterocycles. The molecule has 1 nitrogen and oxygen atoms in total. The van der Waals surface area contributed by atoms with Crippen LogP contribution in [0.15, 0.2) is 43.0 Å². The lowest BCUT2D eigenvalue weighted by atomic mass is 9.90. The van der Waals surface area contributed by atoms with Gasteiger partial charge in [-0.05, 0) is 49.0 Å². The van der Waals surface area contributed by atoms with Crippen LogP contribution in [0.25, 0.3) is 0 Å². The molecule has 0 bridgehead atoms. The van der Waals surface area contributed by atoms with Gasteiger partial charge in [-0.1, -0.05) is 44.7 Å². The van der Waals surface area contributed by atoms with Crippen molar-refractivity contribution in [2.24, 2.45) is 0 Å². The average molecular weight is 242 g/mol. The van der Waals surface area contributed by atoms with Crippen LogP contribution in [0.5, 0.6) is 5.75 Å². The molecule has 1 aromatic rings. The Morgan fingerprint density at radius 2 is 2.17 bits per heavy atom. The molecule has 0 radical (unpaired) electrons. The first-order valence-corrected chi connectivity index (χ1v) is 6.66. The van der Waals surface area contributed by atoms with E-state index in [0.717, 1.165) is 18.6 Å². The quantitative estimate of drug-likeness (QED) is 0.702. The summed E-state index contributed by atoms with van der Waals surface area (Å²) >= 11 is 0. The van der Waals surface area contributed by atoms with Crippen LogP contribution in [-0.2, 0) is 6.42 Å². The highest BCUT2D eigenvalue weighted by atomic mass is 16.5. The molecule has 0 aliphatic carbocycles. The molecule has 0 fully saturated rings. The number of hydrogen-bond donors (Lipinski definition) is 0. The van der Waals surface area contributed by atoms with Crippen molar-refractivity contribution in [3.63, 3.8) is 0 Å². The fourth-order valence-corrected chi connectivity index (χ4v) is 2.33. The molecular weight excluding hydrogens is 220 g/mol. The smallest absolute Gasteiger partial charge is 0.125 e.